The van der Waals surface area contributed by atoms with E-state index < -0.39 is 10.9 Å². The molecular weight excluding hydrogens is 430 g/mol. The molecule has 1 fully saturated rings. The number of amides is 1. The van der Waals surface area contributed by atoms with Crippen LogP contribution in [0.1, 0.15) is 39.3 Å². The number of rotatable bonds is 6. The Kier molecular flexibility index (Phi) is 6.46. The first kappa shape index (κ1) is 21.5. The summed E-state index contributed by atoms with van der Waals surface area (Å²) in [6, 6.07) is 14.2. The van der Waals surface area contributed by atoms with E-state index in [4.69, 9.17) is 4.74 Å². The number of ether oxygens (including phenoxy) is 1. The number of anilines is 2. The van der Waals surface area contributed by atoms with Crippen molar-refractivity contribution >= 4 is 40.3 Å². The molecule has 1 aliphatic heterocycles. The molecule has 0 bridgehead atoms. The highest BCUT2D eigenvalue weighted by Gasteiger charge is 2.23. The van der Waals surface area contributed by atoms with E-state index in [0.29, 0.717) is 16.3 Å². The smallest absolute Gasteiger partial charge is 0.345 e. The lowest BCUT2D eigenvalue weighted by atomic mass is 10.1. The van der Waals surface area contributed by atoms with Gasteiger partial charge in [0.1, 0.15) is 5.75 Å². The molecule has 0 spiro atoms. The third-order valence-electron chi connectivity index (χ3n) is 5.18. The molecule has 0 atom stereocenters. The number of nitrogens with zero attached hydrogens (tertiary/aromatic N) is 2. The zero-order chi connectivity index (χ0) is 22.5. The van der Waals surface area contributed by atoms with Crippen LogP contribution in [-0.4, -0.2) is 29.9 Å². The molecule has 0 aliphatic carbocycles. The number of thiophene rings is 1. The molecule has 1 N–H and O–H groups in total. The summed E-state index contributed by atoms with van der Waals surface area (Å²) in [5, 5.41) is 15.8. The van der Waals surface area contributed by atoms with Gasteiger partial charge in [-0.1, -0.05) is 6.07 Å². The van der Waals surface area contributed by atoms with E-state index >= 15 is 0 Å². The summed E-state index contributed by atoms with van der Waals surface area (Å²) >= 11 is 1.34. The van der Waals surface area contributed by atoms with E-state index in [0.717, 1.165) is 32.4 Å². The maximum absolute atomic E-state index is 12.9. The molecule has 9 heteroatoms. The van der Waals surface area contributed by atoms with Gasteiger partial charge in [-0.05, 0) is 61.0 Å². The van der Waals surface area contributed by atoms with Crippen LogP contribution in [-0.2, 0) is 0 Å². The van der Waals surface area contributed by atoms with Gasteiger partial charge in [0.2, 0.25) is 0 Å². The number of hydrogen-bond donors (Lipinski definition) is 1. The zero-order valence-corrected chi connectivity index (χ0v) is 18.0. The van der Waals surface area contributed by atoms with Crippen molar-refractivity contribution in [1.82, 2.24) is 0 Å². The number of esters is 1. The first-order valence-electron chi connectivity index (χ1n) is 10.2. The zero-order valence-electron chi connectivity index (χ0n) is 17.2. The number of hydrogen-bond acceptors (Lipinski definition) is 7. The summed E-state index contributed by atoms with van der Waals surface area (Å²) in [6.07, 6.45) is 3.13. The van der Waals surface area contributed by atoms with E-state index in [9.17, 15) is 19.7 Å². The van der Waals surface area contributed by atoms with E-state index in [2.05, 4.69) is 10.2 Å². The molecule has 0 radical (unpaired) electrons. The molecule has 2 heterocycles. The van der Waals surface area contributed by atoms with Crippen molar-refractivity contribution in [1.29, 1.82) is 0 Å². The van der Waals surface area contributed by atoms with Gasteiger partial charge in [0.25, 0.3) is 11.6 Å². The topological polar surface area (TPSA) is 102 Å². The summed E-state index contributed by atoms with van der Waals surface area (Å²) in [5.74, 6) is -0.600. The van der Waals surface area contributed by atoms with Crippen LogP contribution in [0.4, 0.5) is 17.1 Å². The van der Waals surface area contributed by atoms with Crippen LogP contribution in [0.2, 0.25) is 0 Å². The molecular formula is C23H21N3O5S. The van der Waals surface area contributed by atoms with Gasteiger partial charge in [-0.3, -0.25) is 14.9 Å². The highest BCUT2D eigenvalue weighted by Crippen LogP contribution is 2.29. The van der Waals surface area contributed by atoms with Crippen molar-refractivity contribution in [3.8, 4) is 5.75 Å². The lowest BCUT2D eigenvalue weighted by Gasteiger charge is -2.30. The monoisotopic (exact) mass is 451 g/mol. The van der Waals surface area contributed by atoms with Crippen LogP contribution in [0.5, 0.6) is 5.75 Å². The number of carbonyl (C=O) groups excluding carboxylic acids is 2. The lowest BCUT2D eigenvalue weighted by molar-refractivity contribution is -0.384. The Labute approximate surface area is 188 Å². The second kappa shape index (κ2) is 9.61. The Morgan fingerprint density at radius 2 is 1.78 bits per heavy atom. The molecule has 1 aliphatic rings. The van der Waals surface area contributed by atoms with Gasteiger partial charge >= 0.3 is 5.97 Å². The minimum atomic E-state index is -0.662. The number of benzene rings is 2. The Morgan fingerprint density at radius 3 is 2.44 bits per heavy atom. The van der Waals surface area contributed by atoms with Crippen molar-refractivity contribution < 1.29 is 19.2 Å². The molecule has 1 amide bonds. The number of nitro groups is 1. The summed E-state index contributed by atoms with van der Waals surface area (Å²) in [6.45, 7) is 1.58. The number of nitro benzene ring substituents is 1. The predicted octanol–water partition coefficient (Wildman–Crippen LogP) is 5.12. The molecule has 0 saturated carbocycles. The summed E-state index contributed by atoms with van der Waals surface area (Å²) < 4.78 is 5.50. The normalized spacial score (nSPS) is 13.4. The van der Waals surface area contributed by atoms with Crippen molar-refractivity contribution in [3.63, 3.8) is 0 Å². The van der Waals surface area contributed by atoms with Gasteiger partial charge in [-0.2, -0.15) is 0 Å². The van der Waals surface area contributed by atoms with E-state index in [1.54, 1.807) is 42.5 Å². The van der Waals surface area contributed by atoms with Crippen molar-refractivity contribution in [2.24, 2.45) is 0 Å². The minimum absolute atomic E-state index is 0.163. The first-order valence-corrected chi connectivity index (χ1v) is 11.1. The van der Waals surface area contributed by atoms with Gasteiger partial charge in [-0.15, -0.1) is 11.3 Å². The quantitative estimate of drug-likeness (QED) is 0.242. The van der Waals surface area contributed by atoms with Gasteiger partial charge in [0, 0.05) is 30.9 Å². The third kappa shape index (κ3) is 4.94. The number of non-ortho nitro benzene ring substituents is 1. The Hall–Kier alpha value is -3.72. The fraction of sp³-hybridized carbons (Fsp3) is 0.217. The molecule has 2 aromatic carbocycles. The number of nitrogens with one attached hydrogen (secondary N) is 1. The van der Waals surface area contributed by atoms with E-state index in [1.165, 1.54) is 23.5 Å². The van der Waals surface area contributed by atoms with Crippen LogP contribution >= 0.6 is 11.3 Å². The molecule has 3 aromatic rings. The van der Waals surface area contributed by atoms with Gasteiger partial charge < -0.3 is 15.0 Å². The molecule has 8 nitrogen and oxygen atoms in total. The maximum atomic E-state index is 12.9. The van der Waals surface area contributed by atoms with Crippen molar-refractivity contribution in [3.05, 3.63) is 80.5 Å². The third-order valence-corrected chi connectivity index (χ3v) is 6.04. The van der Waals surface area contributed by atoms with E-state index in [1.807, 2.05) is 5.38 Å². The molecule has 32 heavy (non-hydrogen) atoms. The molecule has 164 valence electrons. The lowest BCUT2D eigenvalue weighted by Crippen LogP contribution is -2.31. The summed E-state index contributed by atoms with van der Waals surface area (Å²) in [5.41, 5.74) is 1.20. The highest BCUT2D eigenvalue weighted by molar-refractivity contribution is 7.12. The van der Waals surface area contributed by atoms with Crippen LogP contribution < -0.4 is 15.0 Å². The largest absolute Gasteiger partial charge is 0.423 e. The molecule has 0 unspecified atom stereocenters. The van der Waals surface area contributed by atoms with Crippen molar-refractivity contribution in [2.45, 2.75) is 19.3 Å². The van der Waals surface area contributed by atoms with Gasteiger partial charge in [0.05, 0.1) is 21.1 Å². The average Bonchev–Trinajstić information content (AvgIpc) is 3.36. The fourth-order valence-corrected chi connectivity index (χ4v) is 4.20. The Balaban J connectivity index is 1.50. The fourth-order valence-electron chi connectivity index (χ4n) is 3.58. The number of piperidine rings is 1. The van der Waals surface area contributed by atoms with Crippen LogP contribution in [0.25, 0.3) is 0 Å². The second-order valence-corrected chi connectivity index (χ2v) is 8.30. The predicted molar refractivity (Wildman–Crippen MR) is 123 cm³/mol. The molecule has 1 aromatic heterocycles. The van der Waals surface area contributed by atoms with Gasteiger partial charge in [0.15, 0.2) is 0 Å². The first-order chi connectivity index (χ1) is 15.5. The standard InChI is InChI=1S/C23H21N3O5S/c27-22(21-5-4-14-32-21)24-16-6-9-18(10-7-16)31-23(28)19-15-17(26(29)30)8-11-20(19)25-12-2-1-3-13-25/h4-11,14-15H,1-3,12-13H2,(H,24,27). The SMILES string of the molecule is O=C(Nc1ccc(OC(=O)c2cc([N+](=O)[O-])ccc2N2CCCCC2)cc1)c1cccs1. The maximum Gasteiger partial charge on any atom is 0.345 e. The van der Waals surface area contributed by atoms with Crippen LogP contribution in [0, 0.1) is 10.1 Å². The Morgan fingerprint density at radius 1 is 1.03 bits per heavy atom. The summed E-state index contributed by atoms with van der Waals surface area (Å²) in [4.78, 5) is 38.5. The summed E-state index contributed by atoms with van der Waals surface area (Å²) in [7, 11) is 0. The molecule has 1 saturated heterocycles. The van der Waals surface area contributed by atoms with Crippen LogP contribution in [0.3, 0.4) is 0 Å². The van der Waals surface area contributed by atoms with Gasteiger partial charge in [-0.25, -0.2) is 4.79 Å². The Bertz CT molecular complexity index is 1120. The molecule has 4 rings (SSSR count). The average molecular weight is 452 g/mol. The second-order valence-electron chi connectivity index (χ2n) is 7.35. The van der Waals surface area contributed by atoms with E-state index in [-0.39, 0.29) is 22.9 Å². The number of carbonyl (C=O) groups is 2. The highest BCUT2D eigenvalue weighted by atomic mass is 32.1. The van der Waals surface area contributed by atoms with Crippen molar-refractivity contribution in [2.75, 3.05) is 23.3 Å². The van der Waals surface area contributed by atoms with Crippen LogP contribution in [0.15, 0.2) is 60.0 Å². The minimum Gasteiger partial charge on any atom is -0.423 e.